The summed E-state index contributed by atoms with van der Waals surface area (Å²) in [4.78, 5) is 31.7. The molecule has 0 aromatic carbocycles. The maximum atomic E-state index is 10.7. The van der Waals surface area contributed by atoms with Gasteiger partial charge < -0.3 is 14.8 Å². The first-order valence-electron chi connectivity index (χ1n) is 3.19. The molecule has 8 heteroatoms. The SMILES string of the molecule is CNC(=O)OSNC(=O)C(=O)NC. The normalized spacial score (nSPS) is 8.46. The van der Waals surface area contributed by atoms with Crippen molar-refractivity contribution >= 4 is 30.1 Å². The fourth-order valence-corrected chi connectivity index (χ4v) is 0.667. The minimum Gasteiger partial charge on any atom is -0.353 e. The number of hydrogen-bond acceptors (Lipinski definition) is 5. The standard InChI is InChI=1S/C5H9N3O4S/c1-6-3(9)4(10)8-13-12-5(11)7-2/h1-2H3,(H,6,9)(H,7,11)(H,8,10). The molecule has 7 nitrogen and oxygen atoms in total. The van der Waals surface area contributed by atoms with Gasteiger partial charge in [0.2, 0.25) is 0 Å². The molecule has 0 aromatic rings. The molecule has 0 rings (SSSR count). The lowest BCUT2D eigenvalue weighted by Gasteiger charge is -2.01. The molecule has 0 unspecified atom stereocenters. The first-order valence-corrected chi connectivity index (χ1v) is 3.93. The van der Waals surface area contributed by atoms with Crippen LogP contribution in [0.2, 0.25) is 0 Å². The van der Waals surface area contributed by atoms with Gasteiger partial charge in [-0.05, 0) is 0 Å². The van der Waals surface area contributed by atoms with Crippen LogP contribution in [0, 0.1) is 0 Å². The molecular weight excluding hydrogens is 198 g/mol. The number of hydrogen-bond donors (Lipinski definition) is 3. The van der Waals surface area contributed by atoms with Gasteiger partial charge in [0.25, 0.3) is 0 Å². The van der Waals surface area contributed by atoms with Gasteiger partial charge in [-0.3, -0.25) is 14.3 Å². The highest BCUT2D eigenvalue weighted by Gasteiger charge is 2.11. The number of rotatable bonds is 2. The van der Waals surface area contributed by atoms with Crippen LogP contribution >= 0.6 is 12.2 Å². The fraction of sp³-hybridized carbons (Fsp3) is 0.400. The Morgan fingerprint density at radius 2 is 1.69 bits per heavy atom. The van der Waals surface area contributed by atoms with Gasteiger partial charge in [0.1, 0.15) is 0 Å². The molecule has 0 fully saturated rings. The van der Waals surface area contributed by atoms with Crippen molar-refractivity contribution in [3.05, 3.63) is 0 Å². The van der Waals surface area contributed by atoms with E-state index in [4.69, 9.17) is 0 Å². The molecule has 0 heterocycles. The summed E-state index contributed by atoms with van der Waals surface area (Å²) >= 11 is 0.365. The van der Waals surface area contributed by atoms with Crippen molar-refractivity contribution < 1.29 is 18.6 Å². The molecule has 0 saturated carbocycles. The van der Waals surface area contributed by atoms with E-state index in [2.05, 4.69) is 14.8 Å². The lowest BCUT2D eigenvalue weighted by Crippen LogP contribution is -2.35. The van der Waals surface area contributed by atoms with Crippen molar-refractivity contribution in [2.24, 2.45) is 0 Å². The molecule has 3 amide bonds. The predicted octanol–water partition coefficient (Wildman–Crippen LogP) is -1.23. The summed E-state index contributed by atoms with van der Waals surface area (Å²) in [6.07, 6.45) is -0.720. The molecule has 0 atom stereocenters. The molecule has 0 aliphatic carbocycles. The zero-order chi connectivity index (χ0) is 10.3. The summed E-state index contributed by atoms with van der Waals surface area (Å²) in [7, 11) is 2.68. The number of likely N-dealkylation sites (N-methyl/N-ethyl adjacent to an activating group) is 1. The summed E-state index contributed by atoms with van der Waals surface area (Å²) in [5.41, 5.74) is 0. The maximum absolute atomic E-state index is 10.7. The van der Waals surface area contributed by atoms with Crippen molar-refractivity contribution in [1.29, 1.82) is 0 Å². The molecule has 0 aliphatic heterocycles. The summed E-state index contributed by atoms with van der Waals surface area (Å²) in [5, 5.41) is 4.24. The van der Waals surface area contributed by atoms with Crippen LogP contribution in [0.1, 0.15) is 0 Å². The van der Waals surface area contributed by atoms with Crippen LogP contribution in [-0.2, 0) is 13.8 Å². The van der Waals surface area contributed by atoms with Gasteiger partial charge in [-0.1, -0.05) is 0 Å². The van der Waals surface area contributed by atoms with Gasteiger partial charge in [0.05, 0.1) is 0 Å². The number of carbonyl (C=O) groups is 3. The third-order valence-electron chi connectivity index (χ3n) is 0.889. The topological polar surface area (TPSA) is 96.5 Å². The fourth-order valence-electron chi connectivity index (χ4n) is 0.298. The average Bonchev–Trinajstić information content (AvgIpc) is 2.15. The van der Waals surface area contributed by atoms with Crippen LogP contribution in [-0.4, -0.2) is 32.0 Å². The zero-order valence-electron chi connectivity index (χ0n) is 7.04. The van der Waals surface area contributed by atoms with Crippen LogP contribution in [0.4, 0.5) is 4.79 Å². The number of carbonyl (C=O) groups excluding carboxylic acids is 3. The van der Waals surface area contributed by atoms with E-state index in [0.29, 0.717) is 12.2 Å². The summed E-state index contributed by atoms with van der Waals surface area (Å²) < 4.78 is 6.29. The van der Waals surface area contributed by atoms with Gasteiger partial charge in [-0.25, -0.2) is 4.79 Å². The lowest BCUT2D eigenvalue weighted by molar-refractivity contribution is -0.137. The van der Waals surface area contributed by atoms with E-state index >= 15 is 0 Å². The Labute approximate surface area is 78.9 Å². The molecular formula is C5H9N3O4S. The highest BCUT2D eigenvalue weighted by atomic mass is 32.2. The lowest BCUT2D eigenvalue weighted by atomic mass is 10.6. The average molecular weight is 207 g/mol. The quantitative estimate of drug-likeness (QED) is 0.299. The van der Waals surface area contributed by atoms with Crippen molar-refractivity contribution in [3.8, 4) is 0 Å². The van der Waals surface area contributed by atoms with Crippen molar-refractivity contribution in [2.45, 2.75) is 0 Å². The smallest absolute Gasteiger partial charge is 0.353 e. The highest BCUT2D eigenvalue weighted by molar-refractivity contribution is 7.93. The van der Waals surface area contributed by atoms with E-state index in [-0.39, 0.29) is 0 Å². The molecule has 0 bridgehead atoms. The van der Waals surface area contributed by atoms with Crippen LogP contribution in [0.5, 0.6) is 0 Å². The van der Waals surface area contributed by atoms with Crippen LogP contribution < -0.4 is 15.4 Å². The minimum atomic E-state index is -0.892. The summed E-state index contributed by atoms with van der Waals surface area (Å²) in [6.45, 7) is 0. The highest BCUT2D eigenvalue weighted by Crippen LogP contribution is 1.95. The Hall–Kier alpha value is -1.44. The van der Waals surface area contributed by atoms with Gasteiger partial charge in [-0.2, -0.15) is 0 Å². The van der Waals surface area contributed by atoms with Gasteiger partial charge in [0.15, 0.2) is 12.2 Å². The first kappa shape index (κ1) is 11.6. The largest absolute Gasteiger partial charge is 0.420 e. The van der Waals surface area contributed by atoms with Crippen molar-refractivity contribution in [3.63, 3.8) is 0 Å². The van der Waals surface area contributed by atoms with Crippen LogP contribution in [0.25, 0.3) is 0 Å². The molecule has 3 N–H and O–H groups in total. The van der Waals surface area contributed by atoms with E-state index in [1.807, 2.05) is 4.72 Å². The monoisotopic (exact) mass is 207 g/mol. The summed E-state index contributed by atoms with van der Waals surface area (Å²) in [5.74, 6) is -1.70. The third-order valence-corrected chi connectivity index (χ3v) is 1.39. The Bertz CT molecular complexity index is 220. The van der Waals surface area contributed by atoms with Crippen molar-refractivity contribution in [1.82, 2.24) is 15.4 Å². The Balaban J connectivity index is 3.59. The number of amides is 3. The molecule has 13 heavy (non-hydrogen) atoms. The minimum absolute atomic E-state index is 0.365. The van der Waals surface area contributed by atoms with E-state index in [0.717, 1.165) is 0 Å². The molecule has 0 radical (unpaired) electrons. The zero-order valence-corrected chi connectivity index (χ0v) is 7.86. The van der Waals surface area contributed by atoms with E-state index < -0.39 is 17.9 Å². The predicted molar refractivity (Wildman–Crippen MR) is 45.3 cm³/mol. The summed E-state index contributed by atoms with van der Waals surface area (Å²) in [6, 6.07) is 0. The van der Waals surface area contributed by atoms with E-state index in [1.54, 1.807) is 0 Å². The van der Waals surface area contributed by atoms with Crippen molar-refractivity contribution in [2.75, 3.05) is 14.1 Å². The number of nitrogens with one attached hydrogen (secondary N) is 3. The molecule has 74 valence electrons. The Kier molecular flexibility index (Phi) is 5.44. The second-order valence-electron chi connectivity index (χ2n) is 1.71. The second-order valence-corrected chi connectivity index (χ2v) is 2.25. The molecule has 0 aliphatic rings. The Morgan fingerprint density at radius 3 is 2.15 bits per heavy atom. The van der Waals surface area contributed by atoms with Crippen LogP contribution in [0.3, 0.4) is 0 Å². The Morgan fingerprint density at radius 1 is 1.08 bits per heavy atom. The second kappa shape index (κ2) is 6.12. The van der Waals surface area contributed by atoms with E-state index in [1.165, 1.54) is 14.1 Å². The first-order chi connectivity index (χ1) is 6.11. The molecule has 0 spiro atoms. The van der Waals surface area contributed by atoms with Gasteiger partial charge in [0, 0.05) is 14.1 Å². The third kappa shape index (κ3) is 4.90. The van der Waals surface area contributed by atoms with Crippen LogP contribution in [0.15, 0.2) is 0 Å². The van der Waals surface area contributed by atoms with E-state index in [9.17, 15) is 14.4 Å². The van der Waals surface area contributed by atoms with Gasteiger partial charge in [-0.15, -0.1) is 0 Å². The van der Waals surface area contributed by atoms with Gasteiger partial charge >= 0.3 is 17.9 Å². The molecule has 0 saturated heterocycles. The molecule has 0 aromatic heterocycles. The maximum Gasteiger partial charge on any atom is 0.420 e.